The molecule has 0 amide bonds. The molecule has 13 heavy (non-hydrogen) atoms. The van der Waals surface area contributed by atoms with Crippen LogP contribution in [-0.4, -0.2) is 9.97 Å². The van der Waals surface area contributed by atoms with Gasteiger partial charge in [-0.1, -0.05) is 24.3 Å². The van der Waals surface area contributed by atoms with Crippen LogP contribution in [0.1, 0.15) is 0 Å². The number of hydrogen-bond acceptors (Lipinski definition) is 2. The van der Waals surface area contributed by atoms with Crippen molar-refractivity contribution < 1.29 is 0 Å². The average Bonchev–Trinajstić information content (AvgIpc) is 2.21. The first-order chi connectivity index (χ1) is 6.45. The first kappa shape index (κ1) is 7.73. The topological polar surface area (TPSA) is 39.9 Å². The van der Waals surface area contributed by atoms with Crippen molar-refractivity contribution in [1.29, 1.82) is 0 Å². The summed E-state index contributed by atoms with van der Waals surface area (Å²) < 4.78 is 0. The first-order valence-corrected chi connectivity index (χ1v) is 3.99. The highest BCUT2D eigenvalue weighted by Gasteiger charge is 1.84. The first-order valence-electron chi connectivity index (χ1n) is 3.99. The molecular formula is C10H8N3-. The third kappa shape index (κ3) is 2.02. The zero-order valence-corrected chi connectivity index (χ0v) is 6.96. The number of aromatic nitrogens is 2. The van der Waals surface area contributed by atoms with Crippen LogP contribution in [0.4, 0.5) is 11.6 Å². The predicted molar refractivity (Wildman–Crippen MR) is 51.2 cm³/mol. The zero-order valence-electron chi connectivity index (χ0n) is 6.96. The molecule has 0 saturated carbocycles. The van der Waals surface area contributed by atoms with Gasteiger partial charge in [-0.2, -0.15) is 0 Å². The molecule has 2 rings (SSSR count). The van der Waals surface area contributed by atoms with Crippen LogP contribution in [0, 0.1) is 0 Å². The Morgan fingerprint density at radius 1 is 0.769 bits per heavy atom. The van der Waals surface area contributed by atoms with Crippen LogP contribution >= 0.6 is 0 Å². The van der Waals surface area contributed by atoms with Gasteiger partial charge in [0.2, 0.25) is 0 Å². The van der Waals surface area contributed by atoms with E-state index in [1.807, 2.05) is 36.4 Å². The molecule has 0 fully saturated rings. The molecule has 2 aromatic rings. The number of rotatable bonds is 2. The monoisotopic (exact) mass is 170 g/mol. The molecule has 3 heteroatoms. The van der Waals surface area contributed by atoms with Gasteiger partial charge >= 0.3 is 0 Å². The summed E-state index contributed by atoms with van der Waals surface area (Å²) in [5.41, 5.74) is 0. The molecule has 0 bridgehead atoms. The Balaban J connectivity index is 2.16. The maximum atomic E-state index is 4.22. The third-order valence-corrected chi connectivity index (χ3v) is 1.53. The highest BCUT2D eigenvalue weighted by molar-refractivity contribution is 5.57. The summed E-state index contributed by atoms with van der Waals surface area (Å²) in [6.45, 7) is 0. The Kier molecular flexibility index (Phi) is 2.18. The Morgan fingerprint density at radius 2 is 1.31 bits per heavy atom. The summed E-state index contributed by atoms with van der Waals surface area (Å²) in [4.78, 5) is 8.13. The van der Waals surface area contributed by atoms with E-state index >= 15 is 0 Å². The van der Waals surface area contributed by atoms with Crippen molar-refractivity contribution in [3.8, 4) is 0 Å². The van der Waals surface area contributed by atoms with Crippen LogP contribution in [0.25, 0.3) is 5.32 Å². The van der Waals surface area contributed by atoms with E-state index in [2.05, 4.69) is 15.3 Å². The Labute approximate surface area is 76.5 Å². The molecule has 0 radical (unpaired) electrons. The van der Waals surface area contributed by atoms with Crippen LogP contribution in [0.15, 0.2) is 48.8 Å². The van der Waals surface area contributed by atoms with E-state index < -0.39 is 0 Å². The number of pyridine rings is 2. The summed E-state index contributed by atoms with van der Waals surface area (Å²) in [6.07, 6.45) is 3.42. The minimum atomic E-state index is 0.682. The van der Waals surface area contributed by atoms with E-state index in [4.69, 9.17) is 0 Å². The Hall–Kier alpha value is -1.90. The molecule has 64 valence electrons. The quantitative estimate of drug-likeness (QED) is 0.695. The molecule has 0 aliphatic heterocycles. The molecule has 0 unspecified atom stereocenters. The summed E-state index contributed by atoms with van der Waals surface area (Å²) >= 11 is 0. The van der Waals surface area contributed by atoms with Crippen molar-refractivity contribution in [2.24, 2.45) is 0 Å². The zero-order chi connectivity index (χ0) is 8.93. The fourth-order valence-electron chi connectivity index (χ4n) is 0.957. The lowest BCUT2D eigenvalue weighted by Gasteiger charge is -2.10. The van der Waals surface area contributed by atoms with Gasteiger partial charge in [0.1, 0.15) is 0 Å². The normalized spacial score (nSPS) is 9.54. The molecular weight excluding hydrogens is 162 g/mol. The third-order valence-electron chi connectivity index (χ3n) is 1.53. The lowest BCUT2D eigenvalue weighted by molar-refractivity contribution is 1.29. The van der Waals surface area contributed by atoms with Gasteiger partial charge in [0.25, 0.3) is 0 Å². The molecule has 3 nitrogen and oxygen atoms in total. The minimum Gasteiger partial charge on any atom is -0.369 e. The number of nitrogens with zero attached hydrogens (tertiary/aromatic N) is 3. The fraction of sp³-hybridized carbons (Fsp3) is 0. The second-order valence-electron chi connectivity index (χ2n) is 2.49. The standard InChI is InChI=1S/C10H8N3/c1-3-7-11-9(5-1)13-10-6-2-4-8-12-10/h1-8H/q-1. The second-order valence-corrected chi connectivity index (χ2v) is 2.49. The van der Waals surface area contributed by atoms with Crippen LogP contribution in [-0.2, 0) is 0 Å². The van der Waals surface area contributed by atoms with E-state index in [-0.39, 0.29) is 0 Å². The molecule has 0 aliphatic carbocycles. The largest absolute Gasteiger partial charge is 0.369 e. The van der Waals surface area contributed by atoms with E-state index in [0.29, 0.717) is 11.6 Å². The predicted octanol–water partition coefficient (Wildman–Crippen LogP) is 2.81. The van der Waals surface area contributed by atoms with Crippen LogP contribution in [0.5, 0.6) is 0 Å². The van der Waals surface area contributed by atoms with Gasteiger partial charge in [0, 0.05) is 11.6 Å². The van der Waals surface area contributed by atoms with Gasteiger partial charge in [-0.25, -0.2) is 0 Å². The molecule has 0 saturated heterocycles. The van der Waals surface area contributed by atoms with Gasteiger partial charge in [0.15, 0.2) is 0 Å². The molecule has 0 N–H and O–H groups in total. The average molecular weight is 170 g/mol. The molecule has 2 heterocycles. The molecule has 0 aromatic carbocycles. The summed E-state index contributed by atoms with van der Waals surface area (Å²) in [6, 6.07) is 11.2. The van der Waals surface area contributed by atoms with E-state index in [1.165, 1.54) is 0 Å². The summed E-state index contributed by atoms with van der Waals surface area (Å²) in [5.74, 6) is 1.36. The van der Waals surface area contributed by atoms with Crippen molar-refractivity contribution in [3.05, 3.63) is 54.1 Å². The van der Waals surface area contributed by atoms with E-state index in [0.717, 1.165) is 0 Å². The molecule has 0 atom stereocenters. The highest BCUT2D eigenvalue weighted by Crippen LogP contribution is 2.23. The van der Waals surface area contributed by atoms with Gasteiger partial charge in [-0.15, -0.1) is 0 Å². The van der Waals surface area contributed by atoms with E-state index in [1.54, 1.807) is 12.4 Å². The molecule has 0 aliphatic rings. The fourth-order valence-corrected chi connectivity index (χ4v) is 0.957. The maximum Gasteiger partial charge on any atom is 0.00952 e. The molecule has 2 aromatic heterocycles. The van der Waals surface area contributed by atoms with Gasteiger partial charge in [-0.05, 0) is 24.5 Å². The van der Waals surface area contributed by atoms with Crippen molar-refractivity contribution in [1.82, 2.24) is 9.97 Å². The lowest BCUT2D eigenvalue weighted by atomic mass is 10.4. The Morgan fingerprint density at radius 3 is 1.69 bits per heavy atom. The van der Waals surface area contributed by atoms with Crippen LogP contribution < -0.4 is 0 Å². The van der Waals surface area contributed by atoms with E-state index in [9.17, 15) is 0 Å². The van der Waals surface area contributed by atoms with Crippen molar-refractivity contribution in [2.75, 3.05) is 0 Å². The minimum absolute atomic E-state index is 0.682. The van der Waals surface area contributed by atoms with Crippen molar-refractivity contribution >= 4 is 11.6 Å². The maximum absolute atomic E-state index is 4.22. The van der Waals surface area contributed by atoms with Crippen LogP contribution in [0.2, 0.25) is 0 Å². The Bertz CT molecular complexity index is 321. The SMILES string of the molecule is c1ccc([N-]c2ccccn2)nc1. The van der Waals surface area contributed by atoms with Crippen molar-refractivity contribution in [2.45, 2.75) is 0 Å². The summed E-state index contributed by atoms with van der Waals surface area (Å²) in [7, 11) is 0. The van der Waals surface area contributed by atoms with Crippen LogP contribution in [0.3, 0.4) is 0 Å². The van der Waals surface area contributed by atoms with Crippen molar-refractivity contribution in [3.63, 3.8) is 0 Å². The van der Waals surface area contributed by atoms with Gasteiger partial charge < -0.3 is 15.3 Å². The smallest absolute Gasteiger partial charge is 0.00952 e. The second kappa shape index (κ2) is 3.67. The van der Waals surface area contributed by atoms with Gasteiger partial charge in [-0.3, -0.25) is 0 Å². The highest BCUT2D eigenvalue weighted by atomic mass is 15.0. The van der Waals surface area contributed by atoms with Gasteiger partial charge in [0.05, 0.1) is 0 Å². The summed E-state index contributed by atoms with van der Waals surface area (Å²) in [5, 5.41) is 4.22. The molecule has 0 spiro atoms. The number of hydrogen-bond donors (Lipinski definition) is 0. The lowest BCUT2D eigenvalue weighted by Crippen LogP contribution is -1.75.